The normalized spacial score (nSPS) is 14.0. The van der Waals surface area contributed by atoms with Gasteiger partial charge in [0.2, 0.25) is 10.9 Å². The highest BCUT2D eigenvalue weighted by atomic mass is 127. The third-order valence-electron chi connectivity index (χ3n) is 3.39. The van der Waals surface area contributed by atoms with Gasteiger partial charge in [0.05, 0.1) is 0 Å². The van der Waals surface area contributed by atoms with Crippen molar-refractivity contribution in [2.24, 2.45) is 0 Å². The van der Waals surface area contributed by atoms with Crippen molar-refractivity contribution in [1.29, 1.82) is 0 Å². The van der Waals surface area contributed by atoms with Gasteiger partial charge in [-0.25, -0.2) is 17.9 Å². The summed E-state index contributed by atoms with van der Waals surface area (Å²) < 4.78 is 37.3. The highest BCUT2D eigenvalue weighted by Gasteiger charge is 2.30. The number of nitrogens with one attached hydrogen (secondary N) is 2. The predicted octanol–water partition coefficient (Wildman–Crippen LogP) is 2.12. The first kappa shape index (κ1) is 18.9. The number of anilines is 1. The Morgan fingerprint density at radius 2 is 2.00 bits per heavy atom. The molecule has 8 nitrogen and oxygen atoms in total. The Bertz CT molecular complexity index is 936. The molecule has 1 saturated carbocycles. The second-order valence-corrected chi connectivity index (χ2v) is 8.54. The minimum Gasteiger partial charge on any atom is -0.450 e. The summed E-state index contributed by atoms with van der Waals surface area (Å²) in [5.74, 6) is -1.73. The van der Waals surface area contributed by atoms with E-state index in [1.807, 2.05) is 6.07 Å². The summed E-state index contributed by atoms with van der Waals surface area (Å²) >= 11 is 2.11. The number of hydrogen-bond acceptors (Lipinski definition) is 6. The molecular formula is C16H15IN2O6S. The summed E-state index contributed by atoms with van der Waals surface area (Å²) in [5.41, 5.74) is 0.579. The monoisotopic (exact) mass is 490 g/mol. The summed E-state index contributed by atoms with van der Waals surface area (Å²) in [6.45, 7) is -0.520. The van der Waals surface area contributed by atoms with Crippen LogP contribution in [0.1, 0.15) is 23.4 Å². The largest absolute Gasteiger partial charge is 0.450 e. The van der Waals surface area contributed by atoms with E-state index in [1.165, 1.54) is 12.1 Å². The molecule has 0 saturated heterocycles. The lowest BCUT2D eigenvalue weighted by molar-refractivity contribution is -0.119. The molecule has 1 aliphatic rings. The van der Waals surface area contributed by atoms with Crippen molar-refractivity contribution in [3.05, 3.63) is 45.7 Å². The van der Waals surface area contributed by atoms with E-state index in [2.05, 4.69) is 32.6 Å². The van der Waals surface area contributed by atoms with E-state index in [1.54, 1.807) is 18.2 Å². The molecule has 0 radical (unpaired) electrons. The second kappa shape index (κ2) is 7.76. The molecule has 26 heavy (non-hydrogen) atoms. The third-order valence-corrected chi connectivity index (χ3v) is 5.45. The minimum absolute atomic E-state index is 0.0785. The second-order valence-electron chi connectivity index (χ2n) is 5.65. The van der Waals surface area contributed by atoms with Crippen LogP contribution in [0.25, 0.3) is 0 Å². The van der Waals surface area contributed by atoms with Gasteiger partial charge in [-0.3, -0.25) is 4.79 Å². The minimum atomic E-state index is -3.79. The molecule has 3 rings (SSSR count). The number of carbonyl (C=O) groups is 2. The summed E-state index contributed by atoms with van der Waals surface area (Å²) in [4.78, 5) is 23.7. The first-order chi connectivity index (χ1) is 12.3. The summed E-state index contributed by atoms with van der Waals surface area (Å²) in [6, 6.07) is 9.41. The van der Waals surface area contributed by atoms with Crippen molar-refractivity contribution in [2.45, 2.75) is 24.0 Å². The highest BCUT2D eigenvalue weighted by Crippen LogP contribution is 2.23. The van der Waals surface area contributed by atoms with Crippen LogP contribution in [-0.4, -0.2) is 32.9 Å². The maximum atomic E-state index is 12.0. The number of amides is 1. The van der Waals surface area contributed by atoms with Gasteiger partial charge in [-0.2, -0.15) is 0 Å². The van der Waals surface area contributed by atoms with Crippen LogP contribution >= 0.6 is 22.6 Å². The lowest BCUT2D eigenvalue weighted by atomic mass is 10.3. The zero-order valence-corrected chi connectivity index (χ0v) is 16.4. The molecule has 1 heterocycles. The summed E-state index contributed by atoms with van der Waals surface area (Å²) in [7, 11) is -3.79. The van der Waals surface area contributed by atoms with Crippen LogP contribution in [0.2, 0.25) is 0 Å². The average molecular weight is 490 g/mol. The number of halogens is 1. The van der Waals surface area contributed by atoms with E-state index in [-0.39, 0.29) is 16.9 Å². The third kappa shape index (κ3) is 5.05. The molecule has 0 unspecified atom stereocenters. The molecule has 0 spiro atoms. The number of rotatable bonds is 7. The Morgan fingerprint density at radius 3 is 2.69 bits per heavy atom. The SMILES string of the molecule is O=C(COC(=O)c1ccc(S(=O)(=O)NC2CC2)o1)Nc1cccc(I)c1. The van der Waals surface area contributed by atoms with Crippen molar-refractivity contribution >= 4 is 50.2 Å². The maximum absolute atomic E-state index is 12.0. The molecule has 2 aromatic rings. The van der Waals surface area contributed by atoms with Crippen LogP contribution in [0.3, 0.4) is 0 Å². The Balaban J connectivity index is 1.54. The van der Waals surface area contributed by atoms with Gasteiger partial charge in [0, 0.05) is 15.3 Å². The van der Waals surface area contributed by atoms with Crippen LogP contribution in [0.15, 0.2) is 45.9 Å². The van der Waals surface area contributed by atoms with E-state index < -0.39 is 28.5 Å². The highest BCUT2D eigenvalue weighted by molar-refractivity contribution is 14.1. The molecular weight excluding hydrogens is 475 g/mol. The zero-order chi connectivity index (χ0) is 18.7. The van der Waals surface area contributed by atoms with Gasteiger partial charge >= 0.3 is 5.97 Å². The number of esters is 1. The van der Waals surface area contributed by atoms with Crippen molar-refractivity contribution < 1.29 is 27.2 Å². The fraction of sp³-hybridized carbons (Fsp3) is 0.250. The molecule has 1 aliphatic carbocycles. The quantitative estimate of drug-likeness (QED) is 0.454. The van der Waals surface area contributed by atoms with Crippen LogP contribution in [0, 0.1) is 3.57 Å². The molecule has 138 valence electrons. The van der Waals surface area contributed by atoms with Gasteiger partial charge in [0.1, 0.15) is 0 Å². The zero-order valence-electron chi connectivity index (χ0n) is 13.4. The van der Waals surface area contributed by atoms with Gasteiger partial charge in [-0.05, 0) is 65.8 Å². The lowest BCUT2D eigenvalue weighted by Crippen LogP contribution is -2.25. The van der Waals surface area contributed by atoms with E-state index >= 15 is 0 Å². The van der Waals surface area contributed by atoms with E-state index in [0.29, 0.717) is 5.69 Å². The number of furan rings is 1. The van der Waals surface area contributed by atoms with Gasteiger partial charge in [-0.15, -0.1) is 0 Å². The van der Waals surface area contributed by atoms with Gasteiger partial charge in [-0.1, -0.05) is 6.07 Å². The fourth-order valence-corrected chi connectivity index (χ4v) is 3.80. The smallest absolute Gasteiger partial charge is 0.374 e. The van der Waals surface area contributed by atoms with Crippen LogP contribution in [-0.2, 0) is 19.6 Å². The van der Waals surface area contributed by atoms with E-state index in [4.69, 9.17) is 9.15 Å². The Hall–Kier alpha value is -1.92. The first-order valence-corrected chi connectivity index (χ1v) is 10.2. The number of ether oxygens (including phenoxy) is 1. The van der Waals surface area contributed by atoms with E-state index in [0.717, 1.165) is 16.4 Å². The molecule has 1 fully saturated rings. The Labute approximate surface area is 163 Å². The van der Waals surface area contributed by atoms with Crippen molar-refractivity contribution in [3.8, 4) is 0 Å². The lowest BCUT2D eigenvalue weighted by Gasteiger charge is -2.06. The van der Waals surface area contributed by atoms with Crippen LogP contribution < -0.4 is 10.0 Å². The Morgan fingerprint density at radius 1 is 1.23 bits per heavy atom. The molecule has 1 amide bonds. The van der Waals surface area contributed by atoms with E-state index in [9.17, 15) is 18.0 Å². The number of carbonyl (C=O) groups excluding carboxylic acids is 2. The fourth-order valence-electron chi connectivity index (χ4n) is 2.02. The van der Waals surface area contributed by atoms with Gasteiger partial charge < -0.3 is 14.5 Å². The van der Waals surface area contributed by atoms with Crippen LogP contribution in [0.5, 0.6) is 0 Å². The van der Waals surface area contributed by atoms with Crippen molar-refractivity contribution in [2.75, 3.05) is 11.9 Å². The summed E-state index contributed by atoms with van der Waals surface area (Å²) in [6.07, 6.45) is 1.56. The Kier molecular flexibility index (Phi) is 5.63. The molecule has 0 atom stereocenters. The van der Waals surface area contributed by atoms with Crippen molar-refractivity contribution in [3.63, 3.8) is 0 Å². The van der Waals surface area contributed by atoms with Crippen LogP contribution in [0.4, 0.5) is 5.69 Å². The standard InChI is InChI=1S/C16H15IN2O6S/c17-10-2-1-3-12(8-10)18-14(20)9-24-16(21)13-6-7-15(25-13)26(22,23)19-11-4-5-11/h1-3,6-8,11,19H,4-5,9H2,(H,18,20). The summed E-state index contributed by atoms with van der Waals surface area (Å²) in [5, 5.41) is 2.23. The number of hydrogen-bond donors (Lipinski definition) is 2. The number of benzene rings is 1. The molecule has 1 aromatic carbocycles. The van der Waals surface area contributed by atoms with Gasteiger partial charge in [0.15, 0.2) is 6.61 Å². The molecule has 0 bridgehead atoms. The van der Waals surface area contributed by atoms with Crippen molar-refractivity contribution in [1.82, 2.24) is 4.72 Å². The maximum Gasteiger partial charge on any atom is 0.374 e. The predicted molar refractivity (Wildman–Crippen MR) is 100 cm³/mol. The average Bonchev–Trinajstić information content (AvgIpc) is 3.22. The topological polar surface area (TPSA) is 115 Å². The molecule has 2 N–H and O–H groups in total. The molecule has 10 heteroatoms. The molecule has 1 aromatic heterocycles. The van der Waals surface area contributed by atoms with Gasteiger partial charge in [0.25, 0.3) is 15.9 Å². The molecule has 0 aliphatic heterocycles. The number of sulfonamides is 1. The first-order valence-electron chi connectivity index (χ1n) is 7.68.